The van der Waals surface area contributed by atoms with Crippen LogP contribution < -0.4 is 15.1 Å². The molecule has 3 atom stereocenters. The lowest BCUT2D eigenvalue weighted by Gasteiger charge is -2.36. The Balaban J connectivity index is 1.46. The second-order valence-electron chi connectivity index (χ2n) is 8.14. The summed E-state index contributed by atoms with van der Waals surface area (Å²) in [5.74, 6) is 1.57. The molecule has 2 N–H and O–H groups in total. The number of benzene rings is 1. The molecule has 0 radical (unpaired) electrons. The van der Waals surface area contributed by atoms with E-state index in [0.29, 0.717) is 18.5 Å². The Bertz CT molecular complexity index is 580. The number of carbonyl (C=O) groups is 1. The Morgan fingerprint density at radius 3 is 2.64 bits per heavy atom. The molecule has 138 valence electrons. The van der Waals surface area contributed by atoms with Gasteiger partial charge in [-0.25, -0.2) is 0 Å². The van der Waals surface area contributed by atoms with Crippen LogP contribution in [0.25, 0.3) is 0 Å². The van der Waals surface area contributed by atoms with Crippen molar-refractivity contribution in [3.63, 3.8) is 0 Å². The number of anilines is 1. The van der Waals surface area contributed by atoms with E-state index in [0.717, 1.165) is 38.5 Å². The van der Waals surface area contributed by atoms with Gasteiger partial charge in [0.05, 0.1) is 26.2 Å². The normalized spacial score (nSPS) is 28.0. The van der Waals surface area contributed by atoms with Crippen molar-refractivity contribution < 1.29 is 9.69 Å². The van der Waals surface area contributed by atoms with Gasteiger partial charge < -0.3 is 15.1 Å². The predicted octanol–water partition coefficient (Wildman–Crippen LogP) is 1.64. The third kappa shape index (κ3) is 4.55. The number of rotatable bonds is 4. The minimum absolute atomic E-state index is 0.241. The first kappa shape index (κ1) is 18.2. The first-order chi connectivity index (χ1) is 12.0. The quantitative estimate of drug-likeness (QED) is 0.871. The summed E-state index contributed by atoms with van der Waals surface area (Å²) in [6.07, 6.45) is 3.70. The standard InChI is InChI=1S/C21H33N3O/c1-16-8-6-9-19(18(16)3)22-21(25)15-23-11-13-24(14-12-23)20-10-5-4-7-17(20)2/h4-5,7,10,16,18-19H,6,8-9,11-15H2,1-3H3,(H,22,25)/p+1/t16-,18-,19-/m0/s1. The molecule has 2 fully saturated rings. The number of para-hydroxylation sites is 1. The Kier molecular flexibility index (Phi) is 6.00. The molecule has 1 heterocycles. The molecule has 4 nitrogen and oxygen atoms in total. The van der Waals surface area contributed by atoms with E-state index in [4.69, 9.17) is 0 Å². The average molecular weight is 345 g/mol. The van der Waals surface area contributed by atoms with Crippen LogP contribution >= 0.6 is 0 Å². The van der Waals surface area contributed by atoms with Crippen LogP contribution in [0, 0.1) is 18.8 Å². The molecule has 3 rings (SSSR count). The highest BCUT2D eigenvalue weighted by Crippen LogP contribution is 2.29. The molecular formula is C21H34N3O+. The molecule has 1 aliphatic carbocycles. The Morgan fingerprint density at radius 1 is 1.20 bits per heavy atom. The highest BCUT2D eigenvalue weighted by atomic mass is 16.2. The minimum Gasteiger partial charge on any atom is -0.360 e. The van der Waals surface area contributed by atoms with E-state index >= 15 is 0 Å². The molecule has 0 aromatic heterocycles. The summed E-state index contributed by atoms with van der Waals surface area (Å²) in [6, 6.07) is 8.97. The number of aryl methyl sites for hydroxylation is 1. The van der Waals surface area contributed by atoms with Crippen LogP contribution in [0.4, 0.5) is 5.69 Å². The van der Waals surface area contributed by atoms with Gasteiger partial charge in [-0.2, -0.15) is 0 Å². The van der Waals surface area contributed by atoms with E-state index < -0.39 is 0 Å². The highest BCUT2D eigenvalue weighted by molar-refractivity contribution is 5.77. The zero-order chi connectivity index (χ0) is 17.8. The summed E-state index contributed by atoms with van der Waals surface area (Å²) in [5.41, 5.74) is 2.68. The lowest BCUT2D eigenvalue weighted by Crippen LogP contribution is -3.16. The Hall–Kier alpha value is -1.55. The van der Waals surface area contributed by atoms with E-state index in [-0.39, 0.29) is 5.91 Å². The molecule has 0 spiro atoms. The van der Waals surface area contributed by atoms with E-state index in [9.17, 15) is 4.79 Å². The summed E-state index contributed by atoms with van der Waals surface area (Å²) >= 11 is 0. The molecule has 1 aromatic carbocycles. The fourth-order valence-corrected chi connectivity index (χ4v) is 4.43. The van der Waals surface area contributed by atoms with E-state index in [1.807, 2.05) is 0 Å². The molecule has 1 aromatic rings. The summed E-state index contributed by atoms with van der Waals surface area (Å²) in [7, 11) is 0. The van der Waals surface area contributed by atoms with Crippen LogP contribution in [-0.4, -0.2) is 44.7 Å². The van der Waals surface area contributed by atoms with E-state index in [1.54, 1.807) is 0 Å². The minimum atomic E-state index is 0.241. The summed E-state index contributed by atoms with van der Waals surface area (Å²) in [4.78, 5) is 16.4. The average Bonchev–Trinajstić information content (AvgIpc) is 2.60. The number of amides is 1. The largest absolute Gasteiger partial charge is 0.360 e. The summed E-state index contributed by atoms with van der Waals surface area (Å²) in [6.45, 7) is 11.6. The van der Waals surface area contributed by atoms with Gasteiger partial charge in [-0.05, 0) is 36.8 Å². The van der Waals surface area contributed by atoms with Gasteiger partial charge in [-0.3, -0.25) is 4.79 Å². The number of nitrogens with one attached hydrogen (secondary N) is 2. The van der Waals surface area contributed by atoms with Crippen molar-refractivity contribution in [2.45, 2.75) is 46.1 Å². The van der Waals surface area contributed by atoms with Crippen LogP contribution in [-0.2, 0) is 4.79 Å². The monoisotopic (exact) mass is 344 g/mol. The van der Waals surface area contributed by atoms with Crippen LogP contribution in [0.15, 0.2) is 24.3 Å². The van der Waals surface area contributed by atoms with Gasteiger partial charge in [0.2, 0.25) is 0 Å². The van der Waals surface area contributed by atoms with E-state index in [1.165, 1.54) is 29.0 Å². The second kappa shape index (κ2) is 8.22. The zero-order valence-corrected chi connectivity index (χ0v) is 16.1. The third-order valence-electron chi connectivity index (χ3n) is 6.39. The van der Waals surface area contributed by atoms with Crippen molar-refractivity contribution in [3.8, 4) is 0 Å². The number of carbonyl (C=O) groups excluding carboxylic acids is 1. The van der Waals surface area contributed by atoms with Crippen molar-refractivity contribution in [2.75, 3.05) is 37.6 Å². The first-order valence-electron chi connectivity index (χ1n) is 9.98. The van der Waals surface area contributed by atoms with E-state index in [2.05, 4.69) is 55.3 Å². The molecule has 1 aliphatic heterocycles. The molecule has 2 aliphatic rings. The SMILES string of the molecule is Cc1ccccc1N1CC[NH+](CC(=O)N[C@H]2CCC[C@H](C)[C@@H]2C)CC1. The number of quaternary nitrogens is 1. The third-order valence-corrected chi connectivity index (χ3v) is 6.39. The smallest absolute Gasteiger partial charge is 0.275 e. The maximum atomic E-state index is 12.5. The second-order valence-corrected chi connectivity index (χ2v) is 8.14. The van der Waals surface area contributed by atoms with Crippen molar-refractivity contribution >= 4 is 11.6 Å². The number of piperazine rings is 1. The molecule has 0 unspecified atom stereocenters. The van der Waals surface area contributed by atoms with Gasteiger partial charge in [0, 0.05) is 11.7 Å². The number of nitrogens with zero attached hydrogens (tertiary/aromatic N) is 1. The number of hydrogen-bond acceptors (Lipinski definition) is 2. The topological polar surface area (TPSA) is 36.8 Å². The zero-order valence-electron chi connectivity index (χ0n) is 16.1. The van der Waals surface area contributed by atoms with Crippen LogP contribution in [0.5, 0.6) is 0 Å². The van der Waals surface area contributed by atoms with Crippen LogP contribution in [0.3, 0.4) is 0 Å². The predicted molar refractivity (Wildman–Crippen MR) is 103 cm³/mol. The molecule has 1 saturated heterocycles. The lowest BCUT2D eigenvalue weighted by atomic mass is 9.78. The fraction of sp³-hybridized carbons (Fsp3) is 0.667. The first-order valence-corrected chi connectivity index (χ1v) is 9.98. The molecular weight excluding hydrogens is 310 g/mol. The Labute approximate surface area is 152 Å². The van der Waals surface area contributed by atoms with Gasteiger partial charge in [0.25, 0.3) is 5.91 Å². The fourth-order valence-electron chi connectivity index (χ4n) is 4.43. The summed E-state index contributed by atoms with van der Waals surface area (Å²) in [5, 5.41) is 3.32. The van der Waals surface area contributed by atoms with Gasteiger partial charge in [-0.1, -0.05) is 44.9 Å². The molecule has 4 heteroatoms. The van der Waals surface area contributed by atoms with Crippen molar-refractivity contribution in [1.29, 1.82) is 0 Å². The van der Waals surface area contributed by atoms with Crippen molar-refractivity contribution in [2.24, 2.45) is 11.8 Å². The summed E-state index contributed by atoms with van der Waals surface area (Å²) < 4.78 is 0. The van der Waals surface area contributed by atoms with Gasteiger partial charge in [-0.15, -0.1) is 0 Å². The lowest BCUT2D eigenvalue weighted by molar-refractivity contribution is -0.892. The van der Waals surface area contributed by atoms with Gasteiger partial charge >= 0.3 is 0 Å². The maximum absolute atomic E-state index is 12.5. The van der Waals surface area contributed by atoms with Crippen molar-refractivity contribution in [3.05, 3.63) is 29.8 Å². The highest BCUT2D eigenvalue weighted by Gasteiger charge is 2.29. The van der Waals surface area contributed by atoms with Crippen molar-refractivity contribution in [1.82, 2.24) is 5.32 Å². The Morgan fingerprint density at radius 2 is 1.92 bits per heavy atom. The van der Waals surface area contributed by atoms with Gasteiger partial charge in [0.15, 0.2) is 6.54 Å². The van der Waals surface area contributed by atoms with Crippen LogP contribution in [0.2, 0.25) is 0 Å². The number of hydrogen-bond donors (Lipinski definition) is 2. The molecule has 0 bridgehead atoms. The van der Waals surface area contributed by atoms with Gasteiger partial charge in [0.1, 0.15) is 0 Å². The molecule has 25 heavy (non-hydrogen) atoms. The molecule has 1 saturated carbocycles. The maximum Gasteiger partial charge on any atom is 0.275 e. The molecule has 1 amide bonds. The van der Waals surface area contributed by atoms with Crippen LogP contribution in [0.1, 0.15) is 38.7 Å².